The van der Waals surface area contributed by atoms with Gasteiger partial charge >= 0.3 is 6.36 Å². The molecule has 8 heteroatoms. The Labute approximate surface area is 203 Å². The van der Waals surface area contributed by atoms with Crippen LogP contribution in [0.5, 0.6) is 5.75 Å². The molecule has 0 aliphatic heterocycles. The zero-order chi connectivity index (χ0) is 26.0. The van der Waals surface area contributed by atoms with Crippen LogP contribution in [0.3, 0.4) is 0 Å². The van der Waals surface area contributed by atoms with Crippen molar-refractivity contribution >= 4 is 21.5 Å². The van der Waals surface area contributed by atoms with Gasteiger partial charge in [0.2, 0.25) is 5.75 Å². The molecule has 0 N–H and O–H groups in total. The first-order chi connectivity index (χ1) is 17.1. The average Bonchev–Trinajstić information content (AvgIpc) is 2.82. The molecule has 0 saturated carbocycles. The zero-order valence-electron chi connectivity index (χ0n) is 19.4. The van der Waals surface area contributed by atoms with E-state index in [1.807, 2.05) is 0 Å². The Bertz CT molecular complexity index is 1390. The maximum absolute atomic E-state index is 15.2. The summed E-state index contributed by atoms with van der Waals surface area (Å²) < 4.78 is 99.3. The van der Waals surface area contributed by atoms with Gasteiger partial charge in [0.1, 0.15) is 11.6 Å². The molecule has 0 atom stereocenters. The topological polar surface area (TPSA) is 9.23 Å². The molecule has 4 aromatic rings. The second-order valence-electron chi connectivity index (χ2n) is 8.73. The van der Waals surface area contributed by atoms with Gasteiger partial charge in [-0.15, -0.1) is 13.2 Å². The number of halogens is 7. The third kappa shape index (κ3) is 5.42. The highest BCUT2D eigenvalue weighted by Crippen LogP contribution is 2.36. The van der Waals surface area contributed by atoms with Crippen LogP contribution in [0.15, 0.2) is 48.5 Å². The van der Waals surface area contributed by atoms with Crippen molar-refractivity contribution in [2.45, 2.75) is 51.8 Å². The van der Waals surface area contributed by atoms with Crippen LogP contribution in [-0.2, 0) is 6.42 Å². The van der Waals surface area contributed by atoms with Crippen molar-refractivity contribution in [1.29, 1.82) is 0 Å². The van der Waals surface area contributed by atoms with Crippen molar-refractivity contribution < 1.29 is 35.5 Å². The Kier molecular flexibility index (Phi) is 7.43. The summed E-state index contributed by atoms with van der Waals surface area (Å²) in [6.45, 7) is 2.12. The number of rotatable bonds is 8. The summed E-state index contributed by atoms with van der Waals surface area (Å²) in [6.07, 6.45) is 0.436. The maximum atomic E-state index is 15.2. The first-order valence-corrected chi connectivity index (χ1v) is 11.7. The van der Waals surface area contributed by atoms with E-state index in [-0.39, 0.29) is 21.9 Å². The third-order valence-electron chi connectivity index (χ3n) is 6.20. The van der Waals surface area contributed by atoms with Crippen molar-refractivity contribution in [3.8, 4) is 16.9 Å². The van der Waals surface area contributed by atoms with Crippen LogP contribution >= 0.6 is 0 Å². The number of hydrogen-bond donors (Lipinski definition) is 0. The monoisotopic (exact) mass is 508 g/mol. The maximum Gasteiger partial charge on any atom is 0.573 e. The largest absolute Gasteiger partial charge is 0.573 e. The summed E-state index contributed by atoms with van der Waals surface area (Å²) in [5, 5.41) is 1.12. The fraction of sp³-hybridized carbons (Fsp3) is 0.286. The van der Waals surface area contributed by atoms with Crippen molar-refractivity contribution in [3.05, 3.63) is 77.4 Å². The van der Waals surface area contributed by atoms with Crippen LogP contribution in [-0.4, -0.2) is 6.36 Å². The van der Waals surface area contributed by atoms with Crippen molar-refractivity contribution in [2.24, 2.45) is 0 Å². The van der Waals surface area contributed by atoms with E-state index in [0.29, 0.717) is 34.9 Å². The highest BCUT2D eigenvalue weighted by molar-refractivity contribution is 6.09. The molecule has 0 aromatic heterocycles. The molecular formula is C28H23F7O. The average molecular weight is 508 g/mol. The molecule has 0 unspecified atom stereocenters. The van der Waals surface area contributed by atoms with Crippen LogP contribution in [0.2, 0.25) is 0 Å². The Balaban J connectivity index is 1.70. The molecule has 0 fully saturated rings. The van der Waals surface area contributed by atoms with Crippen molar-refractivity contribution in [3.63, 3.8) is 0 Å². The Morgan fingerprint density at radius 1 is 0.639 bits per heavy atom. The van der Waals surface area contributed by atoms with E-state index in [1.165, 1.54) is 18.2 Å². The molecule has 190 valence electrons. The lowest BCUT2D eigenvalue weighted by Crippen LogP contribution is -2.19. The van der Waals surface area contributed by atoms with E-state index < -0.39 is 35.4 Å². The molecule has 0 aliphatic rings. The predicted octanol–water partition coefficient (Wildman–Crippen LogP) is 9.63. The Hall–Kier alpha value is -3.29. The quantitative estimate of drug-likeness (QED) is 0.131. The molecule has 4 aromatic carbocycles. The summed E-state index contributed by atoms with van der Waals surface area (Å²) in [6, 6.07) is 10.1. The molecular weight excluding hydrogens is 485 g/mol. The second-order valence-corrected chi connectivity index (χ2v) is 8.73. The van der Waals surface area contributed by atoms with Crippen LogP contribution in [0.25, 0.3) is 32.7 Å². The van der Waals surface area contributed by atoms with E-state index in [0.717, 1.165) is 38.2 Å². The lowest BCUT2D eigenvalue weighted by molar-refractivity contribution is -0.276. The fourth-order valence-corrected chi connectivity index (χ4v) is 4.43. The summed E-state index contributed by atoms with van der Waals surface area (Å²) in [4.78, 5) is 0. The zero-order valence-corrected chi connectivity index (χ0v) is 19.4. The standard InChI is InChI=1S/C28H23F7O/c1-2-3-4-5-6-7-16-8-10-20-19-11-9-17(12-21(19)23(29)15-22(20)26(16)32)18-13-24(30)27(25(31)14-18)36-28(33,34)35/h8-15H,2-7H2,1H3. The summed E-state index contributed by atoms with van der Waals surface area (Å²) in [7, 11) is 0. The predicted molar refractivity (Wildman–Crippen MR) is 126 cm³/mol. The number of aryl methyl sites for hydroxylation is 1. The second kappa shape index (κ2) is 10.4. The molecule has 1 nitrogen and oxygen atoms in total. The first kappa shape index (κ1) is 25.8. The molecule has 0 aliphatic carbocycles. The van der Waals surface area contributed by atoms with Gasteiger partial charge < -0.3 is 4.74 Å². The van der Waals surface area contributed by atoms with E-state index >= 15 is 8.78 Å². The van der Waals surface area contributed by atoms with Crippen molar-refractivity contribution in [1.82, 2.24) is 0 Å². The number of fused-ring (bicyclic) bond motifs is 3. The molecule has 36 heavy (non-hydrogen) atoms. The normalized spacial score (nSPS) is 12.0. The van der Waals surface area contributed by atoms with Crippen LogP contribution in [0.1, 0.15) is 44.6 Å². The number of alkyl halides is 3. The smallest absolute Gasteiger partial charge is 0.399 e. The lowest BCUT2D eigenvalue weighted by Gasteiger charge is -2.13. The Morgan fingerprint density at radius 3 is 1.94 bits per heavy atom. The van der Waals surface area contributed by atoms with Crippen molar-refractivity contribution in [2.75, 3.05) is 0 Å². The number of hydrogen-bond acceptors (Lipinski definition) is 1. The summed E-state index contributed by atoms with van der Waals surface area (Å²) in [5.41, 5.74) is 0.577. The van der Waals surface area contributed by atoms with E-state index in [2.05, 4.69) is 11.7 Å². The minimum absolute atomic E-state index is 0.0862. The Morgan fingerprint density at radius 2 is 1.28 bits per heavy atom. The first-order valence-electron chi connectivity index (χ1n) is 11.7. The minimum atomic E-state index is -5.26. The van der Waals surface area contributed by atoms with Gasteiger partial charge in [0.05, 0.1) is 0 Å². The van der Waals surface area contributed by atoms with Gasteiger partial charge in [0.25, 0.3) is 0 Å². The number of ether oxygens (including phenoxy) is 1. The highest BCUT2D eigenvalue weighted by atomic mass is 19.4. The number of benzene rings is 4. The van der Waals surface area contributed by atoms with Gasteiger partial charge in [-0.1, -0.05) is 56.9 Å². The van der Waals surface area contributed by atoms with Crippen LogP contribution in [0.4, 0.5) is 30.7 Å². The van der Waals surface area contributed by atoms with Gasteiger partial charge in [-0.2, -0.15) is 0 Å². The minimum Gasteiger partial charge on any atom is -0.399 e. The lowest BCUT2D eigenvalue weighted by atomic mass is 9.94. The SMILES string of the molecule is CCCCCCCc1ccc2c(cc(F)c3cc(-c4cc(F)c(OC(F)(F)F)c(F)c4)ccc32)c1F. The molecule has 4 rings (SSSR count). The van der Waals surface area contributed by atoms with Crippen LogP contribution in [0, 0.1) is 23.3 Å². The fourth-order valence-electron chi connectivity index (χ4n) is 4.43. The molecule has 0 heterocycles. The highest BCUT2D eigenvalue weighted by Gasteiger charge is 2.34. The van der Waals surface area contributed by atoms with Crippen LogP contribution < -0.4 is 4.74 Å². The van der Waals surface area contributed by atoms with E-state index in [9.17, 15) is 22.0 Å². The van der Waals surface area contributed by atoms with Gasteiger partial charge in [-0.05, 0) is 64.6 Å². The van der Waals surface area contributed by atoms with Gasteiger partial charge in [0, 0.05) is 10.8 Å². The molecule has 0 radical (unpaired) electrons. The molecule has 0 bridgehead atoms. The summed E-state index contributed by atoms with van der Waals surface area (Å²) >= 11 is 0. The van der Waals surface area contributed by atoms with Gasteiger partial charge in [0.15, 0.2) is 11.6 Å². The molecule has 0 amide bonds. The number of unbranched alkanes of at least 4 members (excludes halogenated alkanes) is 4. The molecule has 0 spiro atoms. The van der Waals surface area contributed by atoms with Gasteiger partial charge in [-0.25, -0.2) is 17.6 Å². The van der Waals surface area contributed by atoms with Gasteiger partial charge in [-0.3, -0.25) is 0 Å². The van der Waals surface area contributed by atoms with E-state index in [4.69, 9.17) is 0 Å². The molecule has 0 saturated heterocycles. The summed E-state index contributed by atoms with van der Waals surface area (Å²) in [5.74, 6) is -5.87. The third-order valence-corrected chi connectivity index (χ3v) is 6.20. The van der Waals surface area contributed by atoms with E-state index in [1.54, 1.807) is 12.1 Å².